The van der Waals surface area contributed by atoms with Gasteiger partial charge in [-0.1, -0.05) is 19.1 Å². The van der Waals surface area contributed by atoms with Crippen molar-refractivity contribution in [2.75, 3.05) is 0 Å². The topological polar surface area (TPSA) is 34.1 Å². The highest BCUT2D eigenvalue weighted by Crippen LogP contribution is 2.20. The van der Waals surface area contributed by atoms with Crippen LogP contribution >= 0.6 is 0 Å². The Bertz CT molecular complexity index is 308. The van der Waals surface area contributed by atoms with Crippen molar-refractivity contribution in [3.05, 3.63) is 36.0 Å². The van der Waals surface area contributed by atoms with Gasteiger partial charge in [0.2, 0.25) is 6.29 Å². The van der Waals surface area contributed by atoms with Crippen LogP contribution in [0.2, 0.25) is 0 Å². The summed E-state index contributed by atoms with van der Waals surface area (Å²) in [7, 11) is 0. The van der Waals surface area contributed by atoms with Gasteiger partial charge in [0.25, 0.3) is 0 Å². The zero-order valence-electron chi connectivity index (χ0n) is 7.54. The molecule has 0 saturated carbocycles. The lowest BCUT2D eigenvalue weighted by Gasteiger charge is -2.13. The molecule has 0 bridgehead atoms. The first-order valence-electron chi connectivity index (χ1n) is 4.14. The van der Waals surface area contributed by atoms with Crippen LogP contribution < -0.4 is 0 Å². The van der Waals surface area contributed by atoms with Crippen LogP contribution in [0, 0.1) is 5.92 Å². The van der Waals surface area contributed by atoms with E-state index >= 15 is 0 Å². The van der Waals surface area contributed by atoms with Crippen molar-refractivity contribution < 1.29 is 9.59 Å². The molecule has 0 aromatic carbocycles. The maximum Gasteiger partial charge on any atom is 0.233 e. The number of hydrogen-bond acceptors (Lipinski definition) is 2. The number of Topliss-reactive ketones (excluding diaryl/α,β-unsaturated/α-hetero) is 1. The Balaban J connectivity index is 2.97. The largest absolute Gasteiger partial charge is 0.294 e. The SMILES string of the molecule is C=CC(C)C1=CC([C]=O)=CCC1=O. The highest BCUT2D eigenvalue weighted by Gasteiger charge is 2.17. The summed E-state index contributed by atoms with van der Waals surface area (Å²) >= 11 is 0. The quantitative estimate of drug-likeness (QED) is 0.612. The van der Waals surface area contributed by atoms with Crippen LogP contribution in [0.15, 0.2) is 36.0 Å². The Labute approximate surface area is 77.6 Å². The summed E-state index contributed by atoms with van der Waals surface area (Å²) < 4.78 is 0. The van der Waals surface area contributed by atoms with Gasteiger partial charge in [-0.2, -0.15) is 0 Å². The van der Waals surface area contributed by atoms with Gasteiger partial charge in [0, 0.05) is 23.5 Å². The van der Waals surface area contributed by atoms with Gasteiger partial charge in [-0.15, -0.1) is 6.58 Å². The van der Waals surface area contributed by atoms with E-state index in [0.29, 0.717) is 17.6 Å². The van der Waals surface area contributed by atoms with E-state index < -0.39 is 0 Å². The number of ketones is 1. The maximum absolute atomic E-state index is 11.4. The molecule has 1 unspecified atom stereocenters. The molecule has 1 aliphatic carbocycles. The molecule has 1 radical (unpaired) electrons. The molecule has 0 amide bonds. The first kappa shape index (κ1) is 9.65. The molecule has 0 spiro atoms. The van der Waals surface area contributed by atoms with E-state index in [4.69, 9.17) is 0 Å². The molecule has 1 atom stereocenters. The molecular weight excluding hydrogens is 164 g/mol. The molecule has 0 N–H and O–H groups in total. The summed E-state index contributed by atoms with van der Waals surface area (Å²) in [6.07, 6.45) is 6.95. The fourth-order valence-corrected chi connectivity index (χ4v) is 1.21. The first-order valence-corrected chi connectivity index (χ1v) is 4.14. The standard InChI is InChI=1S/C11H11O2/c1-3-8(2)10-6-9(7-12)4-5-11(10)13/h3-4,6,8H,1,5H2,2H3. The minimum absolute atomic E-state index is 0.00421. The predicted molar refractivity (Wildman–Crippen MR) is 50.8 cm³/mol. The van der Waals surface area contributed by atoms with E-state index in [-0.39, 0.29) is 11.7 Å². The maximum atomic E-state index is 11.4. The third-order valence-corrected chi connectivity index (χ3v) is 2.10. The highest BCUT2D eigenvalue weighted by atomic mass is 16.1. The van der Waals surface area contributed by atoms with Crippen LogP contribution in [0.3, 0.4) is 0 Å². The Morgan fingerprint density at radius 3 is 2.92 bits per heavy atom. The van der Waals surface area contributed by atoms with Crippen LogP contribution in [-0.2, 0) is 9.59 Å². The molecule has 0 aromatic heterocycles. The Morgan fingerprint density at radius 2 is 2.38 bits per heavy atom. The summed E-state index contributed by atoms with van der Waals surface area (Å²) in [5.74, 6) is 0.0657. The molecule has 0 fully saturated rings. The van der Waals surface area contributed by atoms with Gasteiger partial charge < -0.3 is 0 Å². The van der Waals surface area contributed by atoms with E-state index in [1.165, 1.54) is 0 Å². The fraction of sp³-hybridized carbons (Fsp3) is 0.273. The minimum atomic E-state index is 0.00421. The third-order valence-electron chi connectivity index (χ3n) is 2.10. The molecule has 1 aliphatic rings. The summed E-state index contributed by atoms with van der Waals surface area (Å²) in [5.41, 5.74) is 1.11. The highest BCUT2D eigenvalue weighted by molar-refractivity contribution is 6.01. The fourth-order valence-electron chi connectivity index (χ4n) is 1.21. The number of carbonyl (C=O) groups excluding carboxylic acids is 2. The van der Waals surface area contributed by atoms with Crippen molar-refractivity contribution in [3.8, 4) is 0 Å². The second-order valence-corrected chi connectivity index (χ2v) is 3.01. The zero-order chi connectivity index (χ0) is 9.84. The molecule has 67 valence electrons. The molecule has 0 aliphatic heterocycles. The lowest BCUT2D eigenvalue weighted by atomic mass is 9.90. The molecule has 13 heavy (non-hydrogen) atoms. The Morgan fingerprint density at radius 1 is 1.69 bits per heavy atom. The zero-order valence-corrected chi connectivity index (χ0v) is 7.54. The van der Waals surface area contributed by atoms with Gasteiger partial charge in [0.05, 0.1) is 0 Å². The van der Waals surface area contributed by atoms with Crippen LogP contribution in [0.5, 0.6) is 0 Å². The molecule has 2 nitrogen and oxygen atoms in total. The van der Waals surface area contributed by atoms with Gasteiger partial charge in [-0.3, -0.25) is 9.59 Å². The number of hydrogen-bond donors (Lipinski definition) is 0. The monoisotopic (exact) mass is 175 g/mol. The van der Waals surface area contributed by atoms with Gasteiger partial charge in [0.1, 0.15) is 0 Å². The summed E-state index contributed by atoms with van der Waals surface area (Å²) in [6.45, 7) is 5.49. The lowest BCUT2D eigenvalue weighted by Crippen LogP contribution is -2.12. The third kappa shape index (κ3) is 2.02. The number of rotatable bonds is 3. The van der Waals surface area contributed by atoms with Crippen molar-refractivity contribution in [2.24, 2.45) is 5.92 Å². The molecular formula is C11H11O2. The van der Waals surface area contributed by atoms with E-state index in [9.17, 15) is 9.59 Å². The molecule has 0 heterocycles. The molecule has 0 saturated heterocycles. The Kier molecular flexibility index (Phi) is 2.96. The van der Waals surface area contributed by atoms with Crippen LogP contribution in [0.25, 0.3) is 0 Å². The van der Waals surface area contributed by atoms with Crippen LogP contribution in [-0.4, -0.2) is 12.1 Å². The van der Waals surface area contributed by atoms with Crippen molar-refractivity contribution in [1.82, 2.24) is 0 Å². The Hall–Kier alpha value is -1.44. The lowest BCUT2D eigenvalue weighted by molar-refractivity contribution is -0.115. The molecule has 0 aromatic rings. The molecule has 2 heteroatoms. The first-order chi connectivity index (χ1) is 6.19. The van der Waals surface area contributed by atoms with Crippen molar-refractivity contribution >= 4 is 12.1 Å². The van der Waals surface area contributed by atoms with Crippen LogP contribution in [0.4, 0.5) is 0 Å². The van der Waals surface area contributed by atoms with Gasteiger partial charge >= 0.3 is 0 Å². The second kappa shape index (κ2) is 3.99. The average molecular weight is 175 g/mol. The van der Waals surface area contributed by atoms with E-state index in [0.717, 1.165) is 0 Å². The van der Waals surface area contributed by atoms with Gasteiger partial charge in [-0.05, 0) is 6.08 Å². The summed E-state index contributed by atoms with van der Waals surface area (Å²) in [4.78, 5) is 21.7. The predicted octanol–water partition coefficient (Wildman–Crippen LogP) is 1.74. The van der Waals surface area contributed by atoms with E-state index in [1.54, 1.807) is 24.5 Å². The van der Waals surface area contributed by atoms with Crippen LogP contribution in [0.1, 0.15) is 13.3 Å². The summed E-state index contributed by atoms with van der Waals surface area (Å²) in [6, 6.07) is 0. The van der Waals surface area contributed by atoms with Crippen molar-refractivity contribution in [1.29, 1.82) is 0 Å². The van der Waals surface area contributed by atoms with Crippen molar-refractivity contribution in [2.45, 2.75) is 13.3 Å². The van der Waals surface area contributed by atoms with E-state index in [2.05, 4.69) is 6.58 Å². The van der Waals surface area contributed by atoms with Crippen molar-refractivity contribution in [3.63, 3.8) is 0 Å². The number of allylic oxidation sites excluding steroid dienone is 5. The summed E-state index contributed by atoms with van der Waals surface area (Å²) in [5, 5.41) is 0. The normalized spacial score (nSPS) is 18.7. The van der Waals surface area contributed by atoms with Gasteiger partial charge in [0.15, 0.2) is 5.78 Å². The molecule has 1 rings (SSSR count). The number of carbonyl (C=O) groups is 1. The average Bonchev–Trinajstić information content (AvgIpc) is 2.17. The minimum Gasteiger partial charge on any atom is -0.294 e. The van der Waals surface area contributed by atoms with E-state index in [1.807, 2.05) is 6.92 Å². The van der Waals surface area contributed by atoms with Gasteiger partial charge in [-0.25, -0.2) is 0 Å². The smallest absolute Gasteiger partial charge is 0.233 e. The second-order valence-electron chi connectivity index (χ2n) is 3.01.